The molecule has 10 nitrogen and oxygen atoms in total. The van der Waals surface area contributed by atoms with Crippen molar-refractivity contribution in [2.75, 3.05) is 15.8 Å². The van der Waals surface area contributed by atoms with E-state index in [-0.39, 0.29) is 28.6 Å². The highest BCUT2D eigenvalue weighted by molar-refractivity contribution is 7.92. The van der Waals surface area contributed by atoms with Crippen LogP contribution >= 0.6 is 0 Å². The molecule has 1 aromatic carbocycles. The van der Waals surface area contributed by atoms with Gasteiger partial charge in [0.2, 0.25) is 15.9 Å². The molecule has 0 spiro atoms. The molecular weight excluding hydrogens is 453 g/mol. The third-order valence-electron chi connectivity index (χ3n) is 4.02. The van der Waals surface area contributed by atoms with E-state index in [1.807, 2.05) is 0 Å². The van der Waals surface area contributed by atoms with Gasteiger partial charge in [0.05, 0.1) is 5.75 Å². The zero-order valence-electron chi connectivity index (χ0n) is 16.4. The van der Waals surface area contributed by atoms with Crippen molar-refractivity contribution in [2.45, 2.75) is 13.3 Å². The zero-order chi connectivity index (χ0) is 23.5. The fourth-order valence-electron chi connectivity index (χ4n) is 2.62. The first-order valence-corrected chi connectivity index (χ1v) is 10.6. The molecule has 14 heteroatoms. The number of H-pyrrole nitrogens is 1. The summed E-state index contributed by atoms with van der Waals surface area (Å²) in [6.07, 6.45) is -4.91. The Hall–Kier alpha value is -3.81. The molecule has 0 saturated heterocycles. The Balaban J connectivity index is 1.88. The molecule has 0 bridgehead atoms. The molecule has 170 valence electrons. The number of halogens is 3. The van der Waals surface area contributed by atoms with Crippen LogP contribution in [0.2, 0.25) is 0 Å². The molecule has 3 rings (SSSR count). The zero-order valence-corrected chi connectivity index (χ0v) is 17.2. The van der Waals surface area contributed by atoms with Crippen LogP contribution in [-0.2, 0) is 10.0 Å². The lowest BCUT2D eigenvalue weighted by atomic mass is 10.1. The van der Waals surface area contributed by atoms with Crippen LogP contribution in [0.15, 0.2) is 42.5 Å². The standard InChI is InChI=1S/C18H17F3N6O4S/c1-2-32(29,30)27-11-8-6-10(7-9-11)15-14(16(22)28)17(26-25-15)24-12-4-3-5-13(23-12)31-18(19,20)21/h3-9,27H,2H2,1H3,(H2,22,28)(H2,23,24,25,26). The summed E-state index contributed by atoms with van der Waals surface area (Å²) in [5.41, 5.74) is 6.29. The monoisotopic (exact) mass is 470 g/mol. The quantitative estimate of drug-likeness (QED) is 0.395. The van der Waals surface area contributed by atoms with Crippen LogP contribution in [0.3, 0.4) is 0 Å². The van der Waals surface area contributed by atoms with Crippen molar-refractivity contribution in [3.8, 4) is 17.1 Å². The number of nitrogens with two attached hydrogens (primary N) is 1. The molecule has 0 atom stereocenters. The average molecular weight is 470 g/mol. The molecule has 32 heavy (non-hydrogen) atoms. The van der Waals surface area contributed by atoms with Gasteiger partial charge >= 0.3 is 6.36 Å². The summed E-state index contributed by atoms with van der Waals surface area (Å²) in [5, 5.41) is 9.25. The number of benzene rings is 1. The van der Waals surface area contributed by atoms with E-state index in [9.17, 15) is 26.4 Å². The number of anilines is 3. The van der Waals surface area contributed by atoms with Gasteiger partial charge in [0.1, 0.15) is 22.9 Å². The molecule has 0 aliphatic heterocycles. The minimum atomic E-state index is -4.91. The van der Waals surface area contributed by atoms with E-state index in [1.54, 1.807) is 0 Å². The van der Waals surface area contributed by atoms with Crippen LogP contribution in [-0.4, -0.2) is 41.6 Å². The van der Waals surface area contributed by atoms with Crippen molar-refractivity contribution in [1.82, 2.24) is 15.2 Å². The number of nitrogens with zero attached hydrogens (tertiary/aromatic N) is 2. The molecule has 3 aromatic rings. The summed E-state index contributed by atoms with van der Waals surface area (Å²) < 4.78 is 66.7. The number of alkyl halides is 3. The van der Waals surface area contributed by atoms with Gasteiger partial charge in [-0.25, -0.2) is 8.42 Å². The Morgan fingerprint density at radius 1 is 1.19 bits per heavy atom. The first kappa shape index (κ1) is 22.9. The number of ether oxygens (including phenoxy) is 1. The lowest BCUT2D eigenvalue weighted by Crippen LogP contribution is -2.18. The predicted octanol–water partition coefficient (Wildman–Crippen LogP) is 2.97. The van der Waals surface area contributed by atoms with Gasteiger partial charge < -0.3 is 15.8 Å². The Labute approximate surface area is 180 Å². The van der Waals surface area contributed by atoms with Gasteiger partial charge in [-0.3, -0.25) is 14.6 Å². The normalized spacial score (nSPS) is 11.8. The number of hydrogen-bond acceptors (Lipinski definition) is 7. The van der Waals surface area contributed by atoms with Crippen LogP contribution in [0.25, 0.3) is 11.3 Å². The van der Waals surface area contributed by atoms with Crippen LogP contribution in [0.5, 0.6) is 5.88 Å². The largest absolute Gasteiger partial charge is 0.574 e. The van der Waals surface area contributed by atoms with Gasteiger partial charge in [0.25, 0.3) is 5.91 Å². The van der Waals surface area contributed by atoms with Crippen LogP contribution in [0.1, 0.15) is 17.3 Å². The van der Waals surface area contributed by atoms with Crippen molar-refractivity contribution >= 4 is 33.3 Å². The number of primary amides is 1. The summed E-state index contributed by atoms with van der Waals surface area (Å²) in [6.45, 7) is 1.49. The molecule has 0 unspecified atom stereocenters. The van der Waals surface area contributed by atoms with Crippen molar-refractivity contribution in [1.29, 1.82) is 0 Å². The number of hydrogen-bond donors (Lipinski definition) is 4. The topological polar surface area (TPSA) is 152 Å². The van der Waals surface area contributed by atoms with Crippen LogP contribution in [0.4, 0.5) is 30.5 Å². The lowest BCUT2D eigenvalue weighted by molar-refractivity contribution is -0.276. The SMILES string of the molecule is CCS(=O)(=O)Nc1ccc(-c2n[nH]c(Nc3cccc(OC(F)(F)F)n3)c2C(N)=O)cc1. The van der Waals surface area contributed by atoms with Gasteiger partial charge in [-0.1, -0.05) is 18.2 Å². The maximum Gasteiger partial charge on any atom is 0.574 e. The third-order valence-corrected chi connectivity index (χ3v) is 5.33. The van der Waals surface area contributed by atoms with Crippen molar-refractivity contribution in [3.05, 3.63) is 48.0 Å². The number of amides is 1. The number of rotatable bonds is 8. The third kappa shape index (κ3) is 5.66. The van der Waals surface area contributed by atoms with E-state index in [0.29, 0.717) is 11.3 Å². The predicted molar refractivity (Wildman–Crippen MR) is 110 cm³/mol. The molecular formula is C18H17F3N6O4S. The van der Waals surface area contributed by atoms with E-state index in [4.69, 9.17) is 5.73 Å². The number of aromatic amines is 1. The Morgan fingerprint density at radius 3 is 2.47 bits per heavy atom. The smallest absolute Gasteiger partial charge is 0.388 e. The fraction of sp³-hybridized carbons (Fsp3) is 0.167. The Kier molecular flexibility index (Phi) is 6.25. The Morgan fingerprint density at radius 2 is 1.88 bits per heavy atom. The maximum absolute atomic E-state index is 12.4. The number of sulfonamides is 1. The molecule has 0 saturated carbocycles. The van der Waals surface area contributed by atoms with E-state index in [0.717, 1.165) is 6.07 Å². The summed E-state index contributed by atoms with van der Waals surface area (Å²) in [6, 6.07) is 9.65. The second-order valence-corrected chi connectivity index (χ2v) is 8.31. The number of nitrogens with one attached hydrogen (secondary N) is 3. The van der Waals surface area contributed by atoms with Gasteiger partial charge in [-0.2, -0.15) is 10.1 Å². The highest BCUT2D eigenvalue weighted by atomic mass is 32.2. The van der Waals surface area contributed by atoms with Crippen LogP contribution in [0, 0.1) is 0 Å². The summed E-state index contributed by atoms with van der Waals surface area (Å²) in [5.74, 6) is -1.73. The first-order chi connectivity index (χ1) is 15.0. The molecule has 1 amide bonds. The second-order valence-electron chi connectivity index (χ2n) is 6.30. The maximum atomic E-state index is 12.4. The molecule has 0 aliphatic carbocycles. The fourth-order valence-corrected chi connectivity index (χ4v) is 3.26. The summed E-state index contributed by atoms with van der Waals surface area (Å²) in [4.78, 5) is 15.7. The average Bonchev–Trinajstić information content (AvgIpc) is 3.11. The molecule has 2 aromatic heterocycles. The van der Waals surface area contributed by atoms with Gasteiger partial charge in [0, 0.05) is 17.3 Å². The number of pyridine rings is 1. The van der Waals surface area contributed by atoms with Gasteiger partial charge in [-0.15, -0.1) is 13.2 Å². The lowest BCUT2D eigenvalue weighted by Gasteiger charge is -2.10. The molecule has 0 radical (unpaired) electrons. The van der Waals surface area contributed by atoms with Crippen molar-refractivity contribution in [3.63, 3.8) is 0 Å². The Bertz CT molecular complexity index is 1230. The first-order valence-electron chi connectivity index (χ1n) is 8.96. The second kappa shape index (κ2) is 8.74. The summed E-state index contributed by atoms with van der Waals surface area (Å²) in [7, 11) is -3.46. The van der Waals surface area contributed by atoms with E-state index in [1.165, 1.54) is 43.3 Å². The van der Waals surface area contributed by atoms with Crippen molar-refractivity contribution in [2.24, 2.45) is 5.73 Å². The van der Waals surface area contributed by atoms with E-state index < -0.39 is 28.2 Å². The minimum absolute atomic E-state index is 0.0000732. The summed E-state index contributed by atoms with van der Waals surface area (Å²) >= 11 is 0. The highest BCUT2D eigenvalue weighted by Gasteiger charge is 2.32. The molecule has 0 fully saturated rings. The van der Waals surface area contributed by atoms with Crippen LogP contribution < -0.4 is 20.5 Å². The number of carbonyl (C=O) groups is 1. The van der Waals surface area contributed by atoms with Gasteiger partial charge in [0.15, 0.2) is 0 Å². The van der Waals surface area contributed by atoms with E-state index in [2.05, 4.69) is 30.0 Å². The minimum Gasteiger partial charge on any atom is -0.388 e. The van der Waals surface area contributed by atoms with Crippen molar-refractivity contribution < 1.29 is 31.1 Å². The number of carbonyl (C=O) groups excluding carboxylic acids is 1. The molecule has 5 N–H and O–H groups in total. The molecule has 0 aliphatic rings. The van der Waals surface area contributed by atoms with E-state index >= 15 is 0 Å². The molecule has 2 heterocycles. The van der Waals surface area contributed by atoms with Gasteiger partial charge in [-0.05, 0) is 25.1 Å². The highest BCUT2D eigenvalue weighted by Crippen LogP contribution is 2.30. The number of aromatic nitrogens is 3.